The van der Waals surface area contributed by atoms with Crippen molar-refractivity contribution < 1.29 is 22.7 Å². The second-order valence-electron chi connectivity index (χ2n) is 7.14. The lowest BCUT2D eigenvalue weighted by Gasteiger charge is -2.30. The summed E-state index contributed by atoms with van der Waals surface area (Å²) in [6, 6.07) is 2.51. The SMILES string of the molecule is Cc1c(C2=CCN(C(=O)OC(C)(C)C)CC2)cc(N)cc1C(F)(F)F. The van der Waals surface area contributed by atoms with Gasteiger partial charge in [-0.2, -0.15) is 13.2 Å². The van der Waals surface area contributed by atoms with Gasteiger partial charge in [-0.25, -0.2) is 4.79 Å². The van der Waals surface area contributed by atoms with Crippen LogP contribution in [0.15, 0.2) is 18.2 Å². The van der Waals surface area contributed by atoms with Crippen LogP contribution in [0.5, 0.6) is 0 Å². The molecule has 0 spiro atoms. The summed E-state index contributed by atoms with van der Waals surface area (Å²) in [6.07, 6.45) is -2.68. The molecule has 0 aromatic heterocycles. The molecule has 0 saturated carbocycles. The Hall–Kier alpha value is -2.18. The molecule has 25 heavy (non-hydrogen) atoms. The van der Waals surface area contributed by atoms with Crippen LogP contribution in [-0.2, 0) is 10.9 Å². The summed E-state index contributed by atoms with van der Waals surface area (Å²) < 4.78 is 44.8. The third-order valence-electron chi connectivity index (χ3n) is 3.94. The van der Waals surface area contributed by atoms with Crippen LogP contribution < -0.4 is 5.73 Å². The molecule has 0 fully saturated rings. The first-order valence-electron chi connectivity index (χ1n) is 8.03. The molecule has 1 aliphatic rings. The lowest BCUT2D eigenvalue weighted by atomic mass is 9.92. The van der Waals surface area contributed by atoms with Gasteiger partial charge in [0.15, 0.2) is 0 Å². The van der Waals surface area contributed by atoms with Crippen molar-refractivity contribution in [1.82, 2.24) is 4.90 Å². The van der Waals surface area contributed by atoms with Crippen LogP contribution in [0.25, 0.3) is 5.57 Å². The molecule has 7 heteroatoms. The molecule has 1 aliphatic heterocycles. The topological polar surface area (TPSA) is 55.6 Å². The van der Waals surface area contributed by atoms with Crippen LogP contribution in [-0.4, -0.2) is 29.7 Å². The quantitative estimate of drug-likeness (QED) is 0.747. The molecule has 1 aromatic carbocycles. The highest BCUT2D eigenvalue weighted by Gasteiger charge is 2.34. The maximum atomic E-state index is 13.2. The van der Waals surface area contributed by atoms with Gasteiger partial charge >= 0.3 is 12.3 Å². The molecular weight excluding hydrogens is 333 g/mol. The minimum Gasteiger partial charge on any atom is -0.444 e. The Labute approximate surface area is 145 Å². The lowest BCUT2D eigenvalue weighted by Crippen LogP contribution is -2.39. The Morgan fingerprint density at radius 2 is 1.88 bits per heavy atom. The van der Waals surface area contributed by atoms with E-state index < -0.39 is 23.4 Å². The van der Waals surface area contributed by atoms with Crippen molar-refractivity contribution in [3.05, 3.63) is 34.9 Å². The largest absolute Gasteiger partial charge is 0.444 e. The van der Waals surface area contributed by atoms with E-state index in [-0.39, 0.29) is 11.3 Å². The van der Waals surface area contributed by atoms with Gasteiger partial charge in [-0.05, 0) is 62.9 Å². The number of nitrogens with two attached hydrogens (primary N) is 1. The number of ether oxygens (including phenoxy) is 1. The zero-order valence-electron chi connectivity index (χ0n) is 14.8. The van der Waals surface area contributed by atoms with Gasteiger partial charge in [0, 0.05) is 18.8 Å². The number of amides is 1. The first-order valence-corrected chi connectivity index (χ1v) is 8.03. The second-order valence-corrected chi connectivity index (χ2v) is 7.14. The fraction of sp³-hybridized carbons (Fsp3) is 0.500. The van der Waals surface area contributed by atoms with Gasteiger partial charge < -0.3 is 15.4 Å². The summed E-state index contributed by atoms with van der Waals surface area (Å²) >= 11 is 0. The van der Waals surface area contributed by atoms with Crippen LogP contribution in [0.1, 0.15) is 43.9 Å². The smallest absolute Gasteiger partial charge is 0.416 e. The Kier molecular flexibility index (Phi) is 5.06. The molecule has 138 valence electrons. The molecule has 0 saturated heterocycles. The van der Waals surface area contributed by atoms with Gasteiger partial charge in [0.2, 0.25) is 0 Å². The fourth-order valence-electron chi connectivity index (χ4n) is 2.77. The van der Waals surface area contributed by atoms with Crippen molar-refractivity contribution >= 4 is 17.4 Å². The van der Waals surface area contributed by atoms with E-state index in [9.17, 15) is 18.0 Å². The number of benzene rings is 1. The minimum absolute atomic E-state index is 0.0726. The Morgan fingerprint density at radius 1 is 1.24 bits per heavy atom. The van der Waals surface area contributed by atoms with E-state index in [0.717, 1.165) is 11.6 Å². The van der Waals surface area contributed by atoms with Gasteiger partial charge in [0.25, 0.3) is 0 Å². The number of nitrogen functional groups attached to an aromatic ring is 1. The number of anilines is 1. The second kappa shape index (κ2) is 6.61. The number of nitrogens with zero attached hydrogens (tertiary/aromatic N) is 1. The van der Waals surface area contributed by atoms with Crippen molar-refractivity contribution in [2.75, 3.05) is 18.8 Å². The number of carbonyl (C=O) groups excluding carboxylic acids is 1. The summed E-state index contributed by atoms with van der Waals surface area (Å²) in [4.78, 5) is 13.6. The summed E-state index contributed by atoms with van der Waals surface area (Å²) in [6.45, 7) is 7.47. The van der Waals surface area contributed by atoms with Crippen LogP contribution >= 0.6 is 0 Å². The zero-order valence-corrected chi connectivity index (χ0v) is 14.8. The third-order valence-corrected chi connectivity index (χ3v) is 3.94. The summed E-state index contributed by atoms with van der Waals surface area (Å²) in [5.74, 6) is 0. The predicted octanol–water partition coefficient (Wildman–Crippen LogP) is 4.62. The number of hydrogen-bond donors (Lipinski definition) is 1. The molecule has 0 aliphatic carbocycles. The van der Waals surface area contributed by atoms with Crippen LogP contribution in [0.3, 0.4) is 0 Å². The average molecular weight is 356 g/mol. The van der Waals surface area contributed by atoms with E-state index in [4.69, 9.17) is 10.5 Å². The van der Waals surface area contributed by atoms with Crippen molar-refractivity contribution in [2.24, 2.45) is 0 Å². The van der Waals surface area contributed by atoms with Crippen LogP contribution in [0.4, 0.5) is 23.7 Å². The molecule has 1 heterocycles. The van der Waals surface area contributed by atoms with Gasteiger partial charge in [0.1, 0.15) is 5.60 Å². The van der Waals surface area contributed by atoms with E-state index in [0.29, 0.717) is 25.1 Å². The molecule has 0 unspecified atom stereocenters. The first kappa shape index (κ1) is 19.1. The van der Waals surface area contributed by atoms with E-state index >= 15 is 0 Å². The predicted molar refractivity (Wildman–Crippen MR) is 91.0 cm³/mol. The Bertz CT molecular complexity index is 703. The van der Waals surface area contributed by atoms with E-state index in [1.54, 1.807) is 32.9 Å². The van der Waals surface area contributed by atoms with E-state index in [1.807, 2.05) is 0 Å². The van der Waals surface area contributed by atoms with Crippen molar-refractivity contribution in [3.8, 4) is 0 Å². The molecule has 2 N–H and O–H groups in total. The zero-order chi connectivity index (χ0) is 19.0. The molecule has 0 atom stereocenters. The molecule has 1 amide bonds. The number of carbonyl (C=O) groups is 1. The molecular formula is C18H23F3N2O2. The van der Waals surface area contributed by atoms with Crippen LogP contribution in [0, 0.1) is 6.92 Å². The highest BCUT2D eigenvalue weighted by atomic mass is 19.4. The summed E-state index contributed by atoms with van der Waals surface area (Å²) in [5, 5.41) is 0. The molecule has 1 aromatic rings. The summed E-state index contributed by atoms with van der Waals surface area (Å²) in [5.41, 5.74) is 5.82. The Morgan fingerprint density at radius 3 is 2.36 bits per heavy atom. The summed E-state index contributed by atoms with van der Waals surface area (Å²) in [7, 11) is 0. The highest BCUT2D eigenvalue weighted by Crippen LogP contribution is 2.37. The fourth-order valence-corrected chi connectivity index (χ4v) is 2.77. The number of rotatable bonds is 1. The number of hydrogen-bond acceptors (Lipinski definition) is 3. The van der Waals surface area contributed by atoms with Gasteiger partial charge in [-0.1, -0.05) is 6.08 Å². The molecule has 4 nitrogen and oxygen atoms in total. The van der Waals surface area contributed by atoms with Crippen LogP contribution in [0.2, 0.25) is 0 Å². The highest BCUT2D eigenvalue weighted by molar-refractivity contribution is 5.76. The maximum absolute atomic E-state index is 13.2. The Balaban J connectivity index is 2.25. The third kappa shape index (κ3) is 4.67. The monoisotopic (exact) mass is 356 g/mol. The van der Waals surface area contributed by atoms with Crippen molar-refractivity contribution in [3.63, 3.8) is 0 Å². The first-order chi connectivity index (χ1) is 11.4. The van der Waals surface area contributed by atoms with Crippen molar-refractivity contribution in [1.29, 1.82) is 0 Å². The number of alkyl halides is 3. The normalized spacial score (nSPS) is 15.8. The van der Waals surface area contributed by atoms with Gasteiger partial charge in [0.05, 0.1) is 5.56 Å². The minimum atomic E-state index is -4.45. The van der Waals surface area contributed by atoms with Crippen molar-refractivity contribution in [2.45, 2.75) is 45.9 Å². The van der Waals surface area contributed by atoms with E-state index in [2.05, 4.69) is 0 Å². The molecule has 0 bridgehead atoms. The van der Waals surface area contributed by atoms with Gasteiger partial charge in [-0.3, -0.25) is 0 Å². The maximum Gasteiger partial charge on any atom is 0.416 e. The average Bonchev–Trinajstić information content (AvgIpc) is 2.46. The van der Waals surface area contributed by atoms with E-state index in [1.165, 1.54) is 11.8 Å². The molecule has 2 rings (SSSR count). The number of halogens is 3. The standard InChI is InChI=1S/C18H23F3N2O2/c1-11-14(9-13(22)10-15(11)18(19,20)21)12-5-7-23(8-6-12)16(24)25-17(2,3)4/h5,9-10H,6-8,22H2,1-4H3. The lowest BCUT2D eigenvalue weighted by molar-refractivity contribution is -0.138. The van der Waals surface area contributed by atoms with Gasteiger partial charge in [-0.15, -0.1) is 0 Å². The molecule has 0 radical (unpaired) electrons.